The first-order valence-electron chi connectivity index (χ1n) is 7.38. The van der Waals surface area contributed by atoms with Crippen LogP contribution in [0.4, 0.5) is 0 Å². The predicted octanol–water partition coefficient (Wildman–Crippen LogP) is 4.54. The Kier molecular flexibility index (Phi) is 6.48. The number of ketones is 1. The Hall–Kier alpha value is -1.61. The third-order valence-electron chi connectivity index (χ3n) is 3.34. The Morgan fingerprint density at radius 3 is 2.62 bits per heavy atom. The number of pyridine rings is 1. The number of aryl methyl sites for hydroxylation is 1. The van der Waals surface area contributed by atoms with Crippen molar-refractivity contribution in [3.63, 3.8) is 0 Å². The molecule has 3 heteroatoms. The van der Waals surface area contributed by atoms with Crippen LogP contribution in [0.25, 0.3) is 0 Å². The van der Waals surface area contributed by atoms with Crippen molar-refractivity contribution < 1.29 is 4.79 Å². The summed E-state index contributed by atoms with van der Waals surface area (Å²) in [5, 5.41) is 0. The number of Topliss-reactive ketones (excluding diaryl/α,β-unsaturated/α-hetero) is 1. The summed E-state index contributed by atoms with van der Waals surface area (Å²) in [5.41, 5.74) is 3.30. The van der Waals surface area contributed by atoms with E-state index >= 15 is 0 Å². The molecule has 0 fully saturated rings. The molecule has 0 N–H and O–H groups in total. The number of carbonyl (C=O) groups is 1. The average molecular weight is 299 g/mol. The number of hydrogen-bond acceptors (Lipinski definition) is 3. The molecular formula is C18H21NOS. The van der Waals surface area contributed by atoms with Crippen molar-refractivity contribution in [1.29, 1.82) is 0 Å². The number of rotatable bonds is 8. The third-order valence-corrected chi connectivity index (χ3v) is 4.29. The van der Waals surface area contributed by atoms with Crippen molar-refractivity contribution in [2.24, 2.45) is 0 Å². The van der Waals surface area contributed by atoms with Crippen LogP contribution in [0.15, 0.2) is 48.8 Å². The third kappa shape index (κ3) is 5.35. The summed E-state index contributed by atoms with van der Waals surface area (Å²) in [7, 11) is 0. The summed E-state index contributed by atoms with van der Waals surface area (Å²) in [6, 6.07) is 12.0. The summed E-state index contributed by atoms with van der Waals surface area (Å²) in [4.78, 5) is 16.2. The van der Waals surface area contributed by atoms with Crippen LogP contribution in [0.3, 0.4) is 0 Å². The molecular weight excluding hydrogens is 278 g/mol. The van der Waals surface area contributed by atoms with Crippen molar-refractivity contribution in [2.75, 3.05) is 5.75 Å². The van der Waals surface area contributed by atoms with Gasteiger partial charge in [-0.3, -0.25) is 9.78 Å². The zero-order chi connectivity index (χ0) is 14.9. The van der Waals surface area contributed by atoms with E-state index in [-0.39, 0.29) is 5.78 Å². The molecule has 2 aromatic rings. The van der Waals surface area contributed by atoms with Gasteiger partial charge in [-0.05, 0) is 35.8 Å². The summed E-state index contributed by atoms with van der Waals surface area (Å²) in [6.07, 6.45) is 6.01. The molecule has 0 spiro atoms. The molecule has 1 aromatic heterocycles. The topological polar surface area (TPSA) is 30.0 Å². The van der Waals surface area contributed by atoms with E-state index in [2.05, 4.69) is 30.1 Å². The number of thioether (sulfide) groups is 1. The lowest BCUT2D eigenvalue weighted by Gasteiger charge is -2.04. The highest BCUT2D eigenvalue weighted by Gasteiger charge is 2.06. The fourth-order valence-electron chi connectivity index (χ4n) is 2.15. The zero-order valence-electron chi connectivity index (χ0n) is 12.4. The number of aromatic nitrogens is 1. The van der Waals surface area contributed by atoms with E-state index in [4.69, 9.17) is 0 Å². The van der Waals surface area contributed by atoms with Gasteiger partial charge in [-0.15, -0.1) is 0 Å². The summed E-state index contributed by atoms with van der Waals surface area (Å²) in [5.74, 6) is 2.37. The van der Waals surface area contributed by atoms with Gasteiger partial charge in [-0.2, -0.15) is 11.8 Å². The molecule has 1 heterocycles. The minimum absolute atomic E-state index is 0.230. The number of benzene rings is 1. The molecule has 21 heavy (non-hydrogen) atoms. The quantitative estimate of drug-likeness (QED) is 0.670. The lowest BCUT2D eigenvalue weighted by atomic mass is 10.0. The van der Waals surface area contributed by atoms with Crippen molar-refractivity contribution in [3.05, 3.63) is 65.5 Å². The van der Waals surface area contributed by atoms with Gasteiger partial charge in [-0.25, -0.2) is 0 Å². The van der Waals surface area contributed by atoms with E-state index in [0.717, 1.165) is 29.9 Å². The maximum Gasteiger partial charge on any atom is 0.162 e. The van der Waals surface area contributed by atoms with Crippen molar-refractivity contribution >= 4 is 17.5 Å². The highest BCUT2D eigenvalue weighted by atomic mass is 32.2. The number of nitrogens with zero attached hydrogens (tertiary/aromatic N) is 1. The van der Waals surface area contributed by atoms with Crippen LogP contribution < -0.4 is 0 Å². The SMILES string of the molecule is CCSCc1ccc(C(=O)CCCc2cccnc2)cc1. The summed E-state index contributed by atoms with van der Waals surface area (Å²) < 4.78 is 0. The molecule has 0 saturated carbocycles. The van der Waals surface area contributed by atoms with Crippen LogP contribution >= 0.6 is 11.8 Å². The van der Waals surface area contributed by atoms with E-state index in [1.165, 1.54) is 11.1 Å². The van der Waals surface area contributed by atoms with Gasteiger partial charge in [0.2, 0.25) is 0 Å². The van der Waals surface area contributed by atoms with Crippen LogP contribution in [-0.2, 0) is 12.2 Å². The molecule has 110 valence electrons. The monoisotopic (exact) mass is 299 g/mol. The van der Waals surface area contributed by atoms with Crippen LogP contribution in [0, 0.1) is 0 Å². The van der Waals surface area contributed by atoms with Crippen LogP contribution in [-0.4, -0.2) is 16.5 Å². The molecule has 0 atom stereocenters. The molecule has 0 radical (unpaired) electrons. The van der Waals surface area contributed by atoms with E-state index in [1.807, 2.05) is 36.2 Å². The predicted molar refractivity (Wildman–Crippen MR) is 89.8 cm³/mol. The van der Waals surface area contributed by atoms with Crippen molar-refractivity contribution in [1.82, 2.24) is 4.98 Å². The average Bonchev–Trinajstić information content (AvgIpc) is 2.54. The number of hydrogen-bond donors (Lipinski definition) is 0. The second kappa shape index (κ2) is 8.63. The first kappa shape index (κ1) is 15.8. The van der Waals surface area contributed by atoms with Gasteiger partial charge in [0.15, 0.2) is 5.78 Å². The molecule has 0 unspecified atom stereocenters. The minimum Gasteiger partial charge on any atom is -0.294 e. The fraction of sp³-hybridized carbons (Fsp3) is 0.333. The van der Waals surface area contributed by atoms with Gasteiger partial charge in [0, 0.05) is 30.1 Å². The summed E-state index contributed by atoms with van der Waals surface area (Å²) >= 11 is 1.90. The Labute approximate surface area is 131 Å². The Morgan fingerprint density at radius 1 is 1.14 bits per heavy atom. The Bertz CT molecular complexity index is 551. The summed E-state index contributed by atoms with van der Waals surface area (Å²) in [6.45, 7) is 2.16. The lowest BCUT2D eigenvalue weighted by Crippen LogP contribution is -2.00. The molecule has 0 saturated heterocycles. The molecule has 0 bridgehead atoms. The van der Waals surface area contributed by atoms with E-state index in [9.17, 15) is 4.79 Å². The van der Waals surface area contributed by atoms with Gasteiger partial charge in [0.25, 0.3) is 0 Å². The highest BCUT2D eigenvalue weighted by molar-refractivity contribution is 7.98. The molecule has 2 rings (SSSR count). The molecule has 2 nitrogen and oxygen atoms in total. The van der Waals surface area contributed by atoms with Crippen molar-refractivity contribution in [2.45, 2.75) is 31.9 Å². The standard InChI is InChI=1S/C18H21NOS/c1-2-21-14-16-8-10-17(11-9-16)18(20)7-3-5-15-6-4-12-19-13-15/h4,6,8-13H,2-3,5,7,14H2,1H3. The maximum atomic E-state index is 12.1. The van der Waals surface area contributed by atoms with Crippen molar-refractivity contribution in [3.8, 4) is 0 Å². The zero-order valence-corrected chi connectivity index (χ0v) is 13.2. The largest absolute Gasteiger partial charge is 0.294 e. The molecule has 0 aliphatic carbocycles. The van der Waals surface area contributed by atoms with Gasteiger partial charge in [0.1, 0.15) is 0 Å². The smallest absolute Gasteiger partial charge is 0.162 e. The van der Waals surface area contributed by atoms with Gasteiger partial charge in [-0.1, -0.05) is 37.3 Å². The molecule has 0 aliphatic heterocycles. The maximum absolute atomic E-state index is 12.1. The Morgan fingerprint density at radius 2 is 1.95 bits per heavy atom. The lowest BCUT2D eigenvalue weighted by molar-refractivity contribution is 0.0980. The molecule has 1 aromatic carbocycles. The second-order valence-electron chi connectivity index (χ2n) is 4.97. The first-order valence-corrected chi connectivity index (χ1v) is 8.54. The van der Waals surface area contributed by atoms with E-state index in [0.29, 0.717) is 6.42 Å². The normalized spacial score (nSPS) is 10.5. The highest BCUT2D eigenvalue weighted by Crippen LogP contribution is 2.14. The fourth-order valence-corrected chi connectivity index (χ4v) is 2.78. The minimum atomic E-state index is 0.230. The second-order valence-corrected chi connectivity index (χ2v) is 6.25. The van der Waals surface area contributed by atoms with E-state index < -0.39 is 0 Å². The van der Waals surface area contributed by atoms with Crippen LogP contribution in [0.5, 0.6) is 0 Å². The Balaban J connectivity index is 1.80. The molecule has 0 aliphatic rings. The molecule has 0 amide bonds. The van der Waals surface area contributed by atoms with Gasteiger partial charge >= 0.3 is 0 Å². The van der Waals surface area contributed by atoms with E-state index in [1.54, 1.807) is 6.20 Å². The van der Waals surface area contributed by atoms with Crippen LogP contribution in [0.2, 0.25) is 0 Å². The van der Waals surface area contributed by atoms with Crippen LogP contribution in [0.1, 0.15) is 41.3 Å². The van der Waals surface area contributed by atoms with Gasteiger partial charge in [0.05, 0.1) is 0 Å². The first-order chi connectivity index (χ1) is 10.3. The van der Waals surface area contributed by atoms with Gasteiger partial charge < -0.3 is 0 Å². The number of carbonyl (C=O) groups excluding carboxylic acids is 1.